The summed E-state index contributed by atoms with van der Waals surface area (Å²) in [5.74, 6) is -0.178. The van der Waals surface area contributed by atoms with Gasteiger partial charge in [-0.2, -0.15) is 22.1 Å². The van der Waals surface area contributed by atoms with E-state index in [2.05, 4.69) is 10.2 Å². The smallest absolute Gasteiger partial charge is 0.282 e. The highest BCUT2D eigenvalue weighted by atomic mass is 32.2. The molecule has 1 aromatic carbocycles. The monoisotopic (exact) mass is 407 g/mol. The minimum Gasteiger partial charge on any atom is -0.373 e. The van der Waals surface area contributed by atoms with E-state index in [1.54, 1.807) is 4.90 Å². The van der Waals surface area contributed by atoms with Crippen molar-refractivity contribution in [2.45, 2.75) is 26.1 Å². The number of nitrogens with zero attached hydrogens (tertiary/aromatic N) is 4. The Morgan fingerprint density at radius 3 is 2.39 bits per heavy atom. The van der Waals surface area contributed by atoms with Gasteiger partial charge in [-0.1, -0.05) is 18.2 Å². The van der Waals surface area contributed by atoms with Crippen LogP contribution in [0.25, 0.3) is 10.9 Å². The van der Waals surface area contributed by atoms with Gasteiger partial charge in [0.1, 0.15) is 0 Å². The van der Waals surface area contributed by atoms with E-state index in [9.17, 15) is 13.2 Å². The lowest BCUT2D eigenvalue weighted by Crippen LogP contribution is -2.57. The van der Waals surface area contributed by atoms with Gasteiger partial charge in [0.25, 0.3) is 16.1 Å². The van der Waals surface area contributed by atoms with Crippen molar-refractivity contribution in [3.8, 4) is 0 Å². The number of para-hydroxylation sites is 1. The first-order valence-electron chi connectivity index (χ1n) is 9.49. The summed E-state index contributed by atoms with van der Waals surface area (Å²) in [4.78, 5) is 14.5. The number of rotatable bonds is 3. The van der Waals surface area contributed by atoms with E-state index in [4.69, 9.17) is 4.74 Å². The molecule has 28 heavy (non-hydrogen) atoms. The maximum Gasteiger partial charge on any atom is 0.282 e. The van der Waals surface area contributed by atoms with E-state index in [0.29, 0.717) is 31.9 Å². The van der Waals surface area contributed by atoms with Crippen LogP contribution in [-0.2, 0) is 14.9 Å². The molecule has 2 atom stereocenters. The first-order chi connectivity index (χ1) is 13.4. The highest BCUT2D eigenvalue weighted by Crippen LogP contribution is 2.21. The Bertz CT molecular complexity index is 957. The van der Waals surface area contributed by atoms with E-state index >= 15 is 0 Å². The van der Waals surface area contributed by atoms with Crippen LogP contribution in [0.4, 0.5) is 0 Å². The van der Waals surface area contributed by atoms with Crippen LogP contribution in [0.15, 0.2) is 24.3 Å². The highest BCUT2D eigenvalue weighted by molar-refractivity contribution is 7.86. The van der Waals surface area contributed by atoms with Crippen molar-refractivity contribution in [1.82, 2.24) is 23.7 Å². The van der Waals surface area contributed by atoms with Gasteiger partial charge in [-0.15, -0.1) is 0 Å². The lowest BCUT2D eigenvalue weighted by Gasteiger charge is -2.40. The number of carbonyl (C=O) groups excluding carboxylic acids is 1. The number of hydrogen-bond acceptors (Lipinski definition) is 5. The number of benzene rings is 1. The second-order valence-corrected chi connectivity index (χ2v) is 9.32. The van der Waals surface area contributed by atoms with Gasteiger partial charge in [0, 0.05) is 44.7 Å². The molecule has 1 aromatic heterocycles. The summed E-state index contributed by atoms with van der Waals surface area (Å²) < 4.78 is 34.6. The molecule has 0 radical (unpaired) electrons. The van der Waals surface area contributed by atoms with Gasteiger partial charge in [0.15, 0.2) is 5.69 Å². The molecule has 0 unspecified atom stereocenters. The number of aromatic nitrogens is 2. The van der Waals surface area contributed by atoms with Crippen LogP contribution >= 0.6 is 0 Å². The fraction of sp³-hybridized carbons (Fsp3) is 0.556. The lowest BCUT2D eigenvalue weighted by molar-refractivity contribution is -0.0457. The summed E-state index contributed by atoms with van der Waals surface area (Å²) >= 11 is 0. The summed E-state index contributed by atoms with van der Waals surface area (Å²) in [6, 6.07) is 7.47. The summed E-state index contributed by atoms with van der Waals surface area (Å²) in [5.41, 5.74) is 1.19. The SMILES string of the molecule is C[C@@H]1CN(S(=O)(=O)N2CCN(C(=O)c3n[nH]c4ccccc34)CC2)C[C@@H](C)O1. The number of carbonyl (C=O) groups is 1. The van der Waals surface area contributed by atoms with Gasteiger partial charge in [-0.3, -0.25) is 9.89 Å². The van der Waals surface area contributed by atoms with E-state index < -0.39 is 10.2 Å². The number of amides is 1. The van der Waals surface area contributed by atoms with Gasteiger partial charge in [-0.05, 0) is 19.9 Å². The quantitative estimate of drug-likeness (QED) is 0.807. The molecule has 3 heterocycles. The van der Waals surface area contributed by atoms with Gasteiger partial charge in [-0.25, -0.2) is 0 Å². The third-order valence-electron chi connectivity index (χ3n) is 5.24. The largest absolute Gasteiger partial charge is 0.373 e. The third kappa shape index (κ3) is 3.52. The number of fused-ring (bicyclic) bond motifs is 1. The van der Waals surface area contributed by atoms with Gasteiger partial charge in [0.2, 0.25) is 0 Å². The molecule has 2 fully saturated rings. The molecule has 1 N–H and O–H groups in total. The Labute approximate surface area is 164 Å². The van der Waals surface area contributed by atoms with Crippen LogP contribution in [0.1, 0.15) is 24.3 Å². The van der Waals surface area contributed by atoms with E-state index in [-0.39, 0.29) is 31.2 Å². The fourth-order valence-corrected chi connectivity index (χ4v) is 5.63. The molecule has 0 saturated carbocycles. The predicted molar refractivity (Wildman–Crippen MR) is 104 cm³/mol. The molecule has 4 rings (SSSR count). The second-order valence-electron chi connectivity index (χ2n) is 7.39. The number of morpholine rings is 1. The number of ether oxygens (including phenoxy) is 1. The zero-order chi connectivity index (χ0) is 19.9. The standard InChI is InChI=1S/C18H25N5O4S/c1-13-11-23(12-14(2)27-13)28(25,26)22-9-7-21(8-10-22)18(24)17-15-5-3-4-6-16(15)19-20-17/h3-6,13-14H,7-12H2,1-2H3,(H,19,20)/t13-,14-/m1/s1. The second kappa shape index (κ2) is 7.43. The molecule has 0 spiro atoms. The molecule has 0 aliphatic carbocycles. The summed E-state index contributed by atoms with van der Waals surface area (Å²) in [6.07, 6.45) is -0.260. The Morgan fingerprint density at radius 1 is 1.07 bits per heavy atom. The summed E-state index contributed by atoms with van der Waals surface area (Å²) in [7, 11) is -3.56. The number of nitrogens with one attached hydrogen (secondary N) is 1. The number of piperazine rings is 1. The molecular formula is C18H25N5O4S. The Morgan fingerprint density at radius 2 is 1.71 bits per heavy atom. The molecule has 10 heteroatoms. The molecule has 152 valence electrons. The van der Waals surface area contributed by atoms with E-state index in [1.807, 2.05) is 38.1 Å². The average molecular weight is 407 g/mol. The molecule has 9 nitrogen and oxygen atoms in total. The number of aromatic amines is 1. The predicted octanol–water partition coefficient (Wildman–Crippen LogP) is 0.675. The van der Waals surface area contributed by atoms with Gasteiger partial charge >= 0.3 is 0 Å². The van der Waals surface area contributed by atoms with Crippen LogP contribution in [0, 0.1) is 0 Å². The summed E-state index contributed by atoms with van der Waals surface area (Å²) in [5, 5.41) is 7.80. The minimum absolute atomic E-state index is 0.130. The first-order valence-corrected chi connectivity index (χ1v) is 10.9. The fourth-order valence-electron chi connectivity index (χ4n) is 3.88. The molecular weight excluding hydrogens is 382 g/mol. The van der Waals surface area contributed by atoms with Crippen LogP contribution in [0.2, 0.25) is 0 Å². The molecule has 1 amide bonds. The molecule has 2 aromatic rings. The Kier molecular flexibility index (Phi) is 5.13. The van der Waals surface area contributed by atoms with Gasteiger partial charge < -0.3 is 9.64 Å². The van der Waals surface area contributed by atoms with Crippen LogP contribution < -0.4 is 0 Å². The first kappa shape index (κ1) is 19.3. The molecule has 2 aliphatic rings. The van der Waals surface area contributed by atoms with Crippen LogP contribution in [0.3, 0.4) is 0 Å². The maximum absolute atomic E-state index is 13.0. The Hall–Kier alpha value is -2.01. The van der Waals surface area contributed by atoms with E-state index in [0.717, 1.165) is 10.9 Å². The van der Waals surface area contributed by atoms with E-state index in [1.165, 1.54) is 8.61 Å². The normalized spacial score (nSPS) is 25.3. The Balaban J connectivity index is 1.43. The van der Waals surface area contributed by atoms with Crippen molar-refractivity contribution in [2.75, 3.05) is 39.3 Å². The van der Waals surface area contributed by atoms with Crippen LogP contribution in [0.5, 0.6) is 0 Å². The average Bonchev–Trinajstić information content (AvgIpc) is 3.11. The van der Waals surface area contributed by atoms with Crippen molar-refractivity contribution in [3.63, 3.8) is 0 Å². The van der Waals surface area contributed by atoms with Crippen molar-refractivity contribution in [2.24, 2.45) is 0 Å². The topological polar surface area (TPSA) is 98.8 Å². The maximum atomic E-state index is 13.0. The van der Waals surface area contributed by atoms with Crippen molar-refractivity contribution in [3.05, 3.63) is 30.0 Å². The van der Waals surface area contributed by atoms with Crippen molar-refractivity contribution >= 4 is 27.0 Å². The van der Waals surface area contributed by atoms with Crippen molar-refractivity contribution in [1.29, 1.82) is 0 Å². The van der Waals surface area contributed by atoms with Crippen LogP contribution in [-0.4, -0.2) is 89.5 Å². The number of H-pyrrole nitrogens is 1. The zero-order valence-electron chi connectivity index (χ0n) is 16.0. The van der Waals surface area contributed by atoms with Gasteiger partial charge in [0.05, 0.1) is 17.7 Å². The minimum atomic E-state index is -3.56. The summed E-state index contributed by atoms with van der Waals surface area (Å²) in [6.45, 7) is 5.69. The molecule has 2 saturated heterocycles. The lowest BCUT2D eigenvalue weighted by atomic mass is 10.2. The molecule has 2 aliphatic heterocycles. The van der Waals surface area contributed by atoms with Crippen molar-refractivity contribution < 1.29 is 17.9 Å². The number of hydrogen-bond donors (Lipinski definition) is 1. The third-order valence-corrected chi connectivity index (χ3v) is 7.21. The highest BCUT2D eigenvalue weighted by Gasteiger charge is 2.37. The molecule has 0 bridgehead atoms. The zero-order valence-corrected chi connectivity index (χ0v) is 16.9.